The highest BCUT2D eigenvalue weighted by atomic mass is 16.2. The van der Waals surface area contributed by atoms with Gasteiger partial charge in [-0.1, -0.05) is 62.6 Å². The molecule has 2 N–H and O–H groups in total. The zero-order valence-electron chi connectivity index (χ0n) is 19.0. The molecule has 170 valence electrons. The third kappa shape index (κ3) is 5.55. The fourth-order valence-electron chi connectivity index (χ4n) is 4.22. The molecule has 0 radical (unpaired) electrons. The summed E-state index contributed by atoms with van der Waals surface area (Å²) in [5.41, 5.74) is 0.0438. The molecule has 32 heavy (non-hydrogen) atoms. The highest BCUT2D eigenvalue weighted by molar-refractivity contribution is 6.06. The van der Waals surface area contributed by atoms with E-state index >= 15 is 0 Å². The van der Waals surface area contributed by atoms with Gasteiger partial charge in [-0.25, -0.2) is 0 Å². The molecule has 0 aliphatic heterocycles. The molecule has 1 aliphatic rings. The second kappa shape index (κ2) is 10.9. The molecule has 0 bridgehead atoms. The number of benzene rings is 2. The summed E-state index contributed by atoms with van der Waals surface area (Å²) in [5.74, 6) is -0.807. The number of nitrogens with zero attached hydrogens (tertiary/aromatic N) is 1. The summed E-state index contributed by atoms with van der Waals surface area (Å²) in [7, 11) is 0. The molecular weight excluding hydrogens is 402 g/mol. The molecule has 3 amide bonds. The lowest BCUT2D eigenvalue weighted by Crippen LogP contribution is -2.62. The van der Waals surface area contributed by atoms with Crippen LogP contribution in [-0.2, 0) is 9.59 Å². The van der Waals surface area contributed by atoms with E-state index < -0.39 is 5.54 Å². The molecule has 6 nitrogen and oxygen atoms in total. The number of rotatable bonds is 8. The van der Waals surface area contributed by atoms with Crippen LogP contribution < -0.4 is 15.5 Å². The van der Waals surface area contributed by atoms with Gasteiger partial charge in [0, 0.05) is 17.3 Å². The summed E-state index contributed by atoms with van der Waals surface area (Å²) in [6.07, 6.45) is 5.81. The monoisotopic (exact) mass is 435 g/mol. The molecule has 1 aliphatic carbocycles. The van der Waals surface area contributed by atoms with E-state index in [0.717, 1.165) is 25.7 Å². The minimum Gasteiger partial charge on any atom is -0.351 e. The van der Waals surface area contributed by atoms with Crippen molar-refractivity contribution in [2.45, 2.75) is 64.0 Å². The first-order valence-corrected chi connectivity index (χ1v) is 11.5. The summed E-state index contributed by atoms with van der Waals surface area (Å²) in [6, 6.07) is 18.1. The van der Waals surface area contributed by atoms with Gasteiger partial charge in [-0.3, -0.25) is 19.3 Å². The van der Waals surface area contributed by atoms with Gasteiger partial charge in [-0.15, -0.1) is 0 Å². The quantitative estimate of drug-likeness (QED) is 0.656. The predicted octanol–water partition coefficient (Wildman–Crippen LogP) is 4.07. The van der Waals surface area contributed by atoms with E-state index in [1.807, 2.05) is 43.3 Å². The standard InChI is InChI=1S/C26H33N3O3/c1-3-26(2,25(32)28-21-15-9-5-10-16-21)29(22-17-11-6-12-18-22)23(30)19-27-24(31)20-13-7-4-8-14-20/h4,6-8,11-14,17-18,21H,3,5,9-10,15-16,19H2,1-2H3,(H,27,31)(H,28,32). The number of nitrogens with one attached hydrogen (secondary N) is 2. The number of hydrogen-bond acceptors (Lipinski definition) is 3. The molecule has 1 saturated carbocycles. The van der Waals surface area contributed by atoms with Crippen molar-refractivity contribution in [2.24, 2.45) is 0 Å². The third-order valence-electron chi connectivity index (χ3n) is 6.31. The van der Waals surface area contributed by atoms with Crippen LogP contribution in [0.3, 0.4) is 0 Å². The van der Waals surface area contributed by atoms with Crippen molar-refractivity contribution in [1.29, 1.82) is 0 Å². The maximum absolute atomic E-state index is 13.5. The Morgan fingerprint density at radius 3 is 2.12 bits per heavy atom. The molecule has 0 heterocycles. The molecule has 2 aromatic rings. The molecule has 2 aromatic carbocycles. The number of amides is 3. The van der Waals surface area contributed by atoms with E-state index in [1.165, 1.54) is 11.3 Å². The minimum absolute atomic E-state index is 0.146. The summed E-state index contributed by atoms with van der Waals surface area (Å²) in [6.45, 7) is 3.51. The predicted molar refractivity (Wildman–Crippen MR) is 126 cm³/mol. The lowest BCUT2D eigenvalue weighted by Gasteiger charge is -2.41. The molecule has 1 fully saturated rings. The van der Waals surface area contributed by atoms with Crippen molar-refractivity contribution in [2.75, 3.05) is 11.4 Å². The maximum Gasteiger partial charge on any atom is 0.251 e. The SMILES string of the molecule is CCC(C)(C(=O)NC1CCCCC1)N(C(=O)CNC(=O)c1ccccc1)c1ccccc1. The Kier molecular flexibility index (Phi) is 8.03. The topological polar surface area (TPSA) is 78.5 Å². The Morgan fingerprint density at radius 2 is 1.53 bits per heavy atom. The van der Waals surface area contributed by atoms with E-state index in [1.54, 1.807) is 31.2 Å². The lowest BCUT2D eigenvalue weighted by molar-refractivity contribution is -0.130. The highest BCUT2D eigenvalue weighted by Gasteiger charge is 2.42. The van der Waals surface area contributed by atoms with Crippen LogP contribution in [-0.4, -0.2) is 35.8 Å². The molecule has 1 atom stereocenters. The molecule has 6 heteroatoms. The summed E-state index contributed by atoms with van der Waals surface area (Å²) < 4.78 is 0. The van der Waals surface area contributed by atoms with Crippen LogP contribution >= 0.6 is 0 Å². The van der Waals surface area contributed by atoms with Gasteiger partial charge in [0.15, 0.2) is 0 Å². The first-order valence-electron chi connectivity index (χ1n) is 11.5. The Morgan fingerprint density at radius 1 is 0.938 bits per heavy atom. The van der Waals surface area contributed by atoms with Crippen molar-refractivity contribution in [1.82, 2.24) is 10.6 Å². The van der Waals surface area contributed by atoms with Crippen LogP contribution in [0.25, 0.3) is 0 Å². The van der Waals surface area contributed by atoms with Crippen LogP contribution in [0.4, 0.5) is 5.69 Å². The Bertz CT molecular complexity index is 910. The second-order valence-electron chi connectivity index (χ2n) is 8.55. The first-order chi connectivity index (χ1) is 15.5. The van der Waals surface area contributed by atoms with Crippen LogP contribution in [0.2, 0.25) is 0 Å². The average molecular weight is 436 g/mol. The highest BCUT2D eigenvalue weighted by Crippen LogP contribution is 2.28. The number of hydrogen-bond donors (Lipinski definition) is 2. The largest absolute Gasteiger partial charge is 0.351 e. The van der Waals surface area contributed by atoms with Crippen molar-refractivity contribution >= 4 is 23.4 Å². The molecular formula is C26H33N3O3. The third-order valence-corrected chi connectivity index (χ3v) is 6.31. The number of para-hydroxylation sites is 1. The van der Waals surface area contributed by atoms with Gasteiger partial charge in [-0.2, -0.15) is 0 Å². The van der Waals surface area contributed by atoms with Crippen molar-refractivity contribution in [3.8, 4) is 0 Å². The normalized spacial score (nSPS) is 15.9. The fourth-order valence-corrected chi connectivity index (χ4v) is 4.22. The van der Waals surface area contributed by atoms with E-state index in [0.29, 0.717) is 17.7 Å². The van der Waals surface area contributed by atoms with Crippen LogP contribution in [0.1, 0.15) is 62.7 Å². The maximum atomic E-state index is 13.5. The van der Waals surface area contributed by atoms with E-state index in [4.69, 9.17) is 0 Å². The summed E-state index contributed by atoms with van der Waals surface area (Å²) >= 11 is 0. The fraction of sp³-hybridized carbons (Fsp3) is 0.423. The molecule has 1 unspecified atom stereocenters. The van der Waals surface area contributed by atoms with E-state index in [2.05, 4.69) is 10.6 Å². The number of carbonyl (C=O) groups excluding carboxylic acids is 3. The van der Waals surface area contributed by atoms with Gasteiger partial charge in [0.05, 0.1) is 6.54 Å². The lowest BCUT2D eigenvalue weighted by atomic mass is 9.90. The van der Waals surface area contributed by atoms with Crippen molar-refractivity contribution in [3.05, 3.63) is 66.2 Å². The molecule has 0 spiro atoms. The van der Waals surface area contributed by atoms with E-state index in [9.17, 15) is 14.4 Å². The van der Waals surface area contributed by atoms with Crippen LogP contribution in [0, 0.1) is 0 Å². The zero-order chi connectivity index (χ0) is 23.0. The first kappa shape index (κ1) is 23.5. The van der Waals surface area contributed by atoms with Gasteiger partial charge >= 0.3 is 0 Å². The molecule has 3 rings (SSSR count). The van der Waals surface area contributed by atoms with Crippen LogP contribution in [0.15, 0.2) is 60.7 Å². The molecule has 0 saturated heterocycles. The smallest absolute Gasteiger partial charge is 0.251 e. The van der Waals surface area contributed by atoms with Crippen molar-refractivity contribution < 1.29 is 14.4 Å². The Labute approximate surface area is 190 Å². The number of carbonyl (C=O) groups is 3. The average Bonchev–Trinajstić information content (AvgIpc) is 2.84. The van der Waals surface area contributed by atoms with Gasteiger partial charge in [0.1, 0.15) is 5.54 Å². The Hall–Kier alpha value is -3.15. The Balaban J connectivity index is 1.81. The van der Waals surface area contributed by atoms with Gasteiger partial charge in [-0.05, 0) is 50.5 Å². The summed E-state index contributed by atoms with van der Waals surface area (Å²) in [5, 5.41) is 5.89. The van der Waals surface area contributed by atoms with Gasteiger partial charge < -0.3 is 10.6 Å². The van der Waals surface area contributed by atoms with E-state index in [-0.39, 0.29) is 30.3 Å². The zero-order valence-corrected chi connectivity index (χ0v) is 19.0. The van der Waals surface area contributed by atoms with Gasteiger partial charge in [0.2, 0.25) is 11.8 Å². The van der Waals surface area contributed by atoms with Crippen LogP contribution in [0.5, 0.6) is 0 Å². The van der Waals surface area contributed by atoms with Crippen molar-refractivity contribution in [3.63, 3.8) is 0 Å². The minimum atomic E-state index is -1.08. The van der Waals surface area contributed by atoms with Gasteiger partial charge in [0.25, 0.3) is 5.91 Å². The molecule has 0 aromatic heterocycles. The second-order valence-corrected chi connectivity index (χ2v) is 8.55. The summed E-state index contributed by atoms with van der Waals surface area (Å²) in [4.78, 5) is 40.9. The number of anilines is 1.